The van der Waals surface area contributed by atoms with Gasteiger partial charge in [-0.2, -0.15) is 0 Å². The second-order valence-corrected chi connectivity index (χ2v) is 9.11. The zero-order chi connectivity index (χ0) is 17.2. The Hall–Kier alpha value is -0.740. The number of benzene rings is 2. The van der Waals surface area contributed by atoms with E-state index in [9.17, 15) is 0 Å². The standard InChI is InChI=1S/C21H27ClN2S/c1-16-8-12-23(13-9-16)17-10-14-24(15-11-17)25-21-7-6-20(22)18-4-2-3-5-19(18)21/h2-7,16-17H,8-15H2,1H3. The molecular weight excluding hydrogens is 348 g/mol. The summed E-state index contributed by atoms with van der Waals surface area (Å²) in [4.78, 5) is 4.07. The quantitative estimate of drug-likeness (QED) is 0.636. The lowest BCUT2D eigenvalue weighted by Crippen LogP contribution is -2.46. The number of fused-ring (bicyclic) bond motifs is 1. The van der Waals surface area contributed by atoms with Gasteiger partial charge in [0.05, 0.1) is 0 Å². The van der Waals surface area contributed by atoms with E-state index in [4.69, 9.17) is 11.6 Å². The minimum absolute atomic E-state index is 0.798. The molecular formula is C21H27ClN2S. The van der Waals surface area contributed by atoms with Gasteiger partial charge in [0.1, 0.15) is 0 Å². The van der Waals surface area contributed by atoms with Crippen LogP contribution in [0.2, 0.25) is 5.02 Å². The number of likely N-dealkylation sites (tertiary alicyclic amines) is 1. The Labute approximate surface area is 160 Å². The van der Waals surface area contributed by atoms with Crippen molar-refractivity contribution in [2.24, 2.45) is 5.92 Å². The molecule has 2 heterocycles. The second kappa shape index (κ2) is 7.87. The fraction of sp³-hybridized carbons (Fsp3) is 0.524. The SMILES string of the molecule is CC1CCN(C2CCN(Sc3ccc(Cl)c4ccccc34)CC2)CC1. The van der Waals surface area contributed by atoms with Crippen LogP contribution in [0.5, 0.6) is 0 Å². The van der Waals surface area contributed by atoms with Crippen LogP contribution in [0.15, 0.2) is 41.3 Å². The Morgan fingerprint density at radius 2 is 1.56 bits per heavy atom. The number of rotatable bonds is 3. The van der Waals surface area contributed by atoms with Crippen LogP contribution < -0.4 is 0 Å². The molecule has 0 aliphatic carbocycles. The van der Waals surface area contributed by atoms with Gasteiger partial charge in [-0.25, -0.2) is 4.31 Å². The summed E-state index contributed by atoms with van der Waals surface area (Å²) >= 11 is 8.27. The largest absolute Gasteiger partial charge is 0.300 e. The summed E-state index contributed by atoms with van der Waals surface area (Å²) in [5.74, 6) is 0.921. The molecule has 0 spiro atoms. The highest BCUT2D eigenvalue weighted by Gasteiger charge is 2.27. The van der Waals surface area contributed by atoms with Crippen LogP contribution in [0.25, 0.3) is 10.8 Å². The lowest BCUT2D eigenvalue weighted by Gasteiger charge is -2.41. The monoisotopic (exact) mass is 374 g/mol. The molecule has 2 fully saturated rings. The summed E-state index contributed by atoms with van der Waals surface area (Å²) in [7, 11) is 0. The highest BCUT2D eigenvalue weighted by Crippen LogP contribution is 2.36. The Morgan fingerprint density at radius 3 is 2.28 bits per heavy atom. The van der Waals surface area contributed by atoms with E-state index in [0.29, 0.717) is 0 Å². The second-order valence-electron chi connectivity index (χ2n) is 7.56. The predicted molar refractivity (Wildman–Crippen MR) is 109 cm³/mol. The zero-order valence-electron chi connectivity index (χ0n) is 15.0. The molecule has 0 N–H and O–H groups in total. The van der Waals surface area contributed by atoms with Crippen molar-refractivity contribution in [3.63, 3.8) is 0 Å². The van der Waals surface area contributed by atoms with Gasteiger partial charge in [-0.3, -0.25) is 0 Å². The lowest BCUT2D eigenvalue weighted by atomic mass is 9.95. The molecule has 2 aromatic rings. The van der Waals surface area contributed by atoms with Crippen LogP contribution in [-0.2, 0) is 0 Å². The minimum atomic E-state index is 0.798. The molecule has 0 unspecified atom stereocenters. The maximum Gasteiger partial charge on any atom is 0.0485 e. The Bertz CT molecular complexity index is 719. The molecule has 2 aliphatic heterocycles. The summed E-state index contributed by atoms with van der Waals surface area (Å²) in [6.45, 7) is 7.37. The average Bonchev–Trinajstić information content (AvgIpc) is 2.66. The normalized spacial score (nSPS) is 21.8. The van der Waals surface area contributed by atoms with Crippen molar-refractivity contribution in [3.05, 3.63) is 41.4 Å². The molecule has 134 valence electrons. The van der Waals surface area contributed by atoms with Crippen LogP contribution in [0.4, 0.5) is 0 Å². The van der Waals surface area contributed by atoms with Crippen molar-refractivity contribution in [1.82, 2.24) is 9.21 Å². The molecule has 0 saturated carbocycles. The summed E-state index contributed by atoms with van der Waals surface area (Å²) in [6, 6.07) is 13.5. The molecule has 4 rings (SSSR count). The number of hydrogen-bond donors (Lipinski definition) is 0. The highest BCUT2D eigenvalue weighted by atomic mass is 35.5. The Kier molecular flexibility index (Phi) is 5.56. The first-order valence-electron chi connectivity index (χ1n) is 9.55. The van der Waals surface area contributed by atoms with Crippen LogP contribution in [0, 0.1) is 5.92 Å². The van der Waals surface area contributed by atoms with E-state index < -0.39 is 0 Å². The molecule has 2 saturated heterocycles. The molecule has 4 heteroatoms. The molecule has 2 aliphatic rings. The van der Waals surface area contributed by atoms with Gasteiger partial charge in [0, 0.05) is 34.4 Å². The Morgan fingerprint density at radius 1 is 0.880 bits per heavy atom. The van der Waals surface area contributed by atoms with Crippen molar-refractivity contribution in [2.45, 2.75) is 43.5 Å². The summed E-state index contributed by atoms with van der Waals surface area (Å²) in [5.41, 5.74) is 0. The van der Waals surface area contributed by atoms with E-state index in [1.807, 2.05) is 18.0 Å². The van der Waals surface area contributed by atoms with Crippen LogP contribution in [0.1, 0.15) is 32.6 Å². The number of hydrogen-bond acceptors (Lipinski definition) is 3. The smallest absolute Gasteiger partial charge is 0.0485 e. The van der Waals surface area contributed by atoms with Gasteiger partial charge < -0.3 is 4.90 Å². The van der Waals surface area contributed by atoms with Gasteiger partial charge in [0.2, 0.25) is 0 Å². The molecule has 0 bridgehead atoms. The predicted octanol–water partition coefficient (Wildman–Crippen LogP) is 5.70. The average molecular weight is 375 g/mol. The lowest BCUT2D eigenvalue weighted by molar-refractivity contribution is 0.103. The van der Waals surface area contributed by atoms with Gasteiger partial charge in [-0.05, 0) is 74.2 Å². The first kappa shape index (κ1) is 17.7. The summed E-state index contributed by atoms with van der Waals surface area (Å²) in [5, 5.41) is 3.27. The van der Waals surface area contributed by atoms with Gasteiger partial charge in [0.25, 0.3) is 0 Å². The third kappa shape index (κ3) is 4.00. The summed E-state index contributed by atoms with van der Waals surface area (Å²) < 4.78 is 2.54. The topological polar surface area (TPSA) is 6.48 Å². The molecule has 0 atom stereocenters. The van der Waals surface area contributed by atoms with Crippen LogP contribution >= 0.6 is 23.5 Å². The van der Waals surface area contributed by atoms with Crippen molar-refractivity contribution >= 4 is 34.3 Å². The third-order valence-electron chi connectivity index (χ3n) is 5.82. The van der Waals surface area contributed by atoms with Crippen molar-refractivity contribution in [3.8, 4) is 0 Å². The van der Waals surface area contributed by atoms with E-state index in [-0.39, 0.29) is 0 Å². The van der Waals surface area contributed by atoms with Crippen LogP contribution in [-0.4, -0.2) is 41.4 Å². The molecule has 0 aromatic heterocycles. The molecule has 2 nitrogen and oxygen atoms in total. The fourth-order valence-corrected chi connectivity index (χ4v) is 5.45. The Balaban J connectivity index is 1.38. The van der Waals surface area contributed by atoms with Gasteiger partial charge in [0.15, 0.2) is 0 Å². The molecule has 2 aromatic carbocycles. The van der Waals surface area contributed by atoms with E-state index in [0.717, 1.165) is 22.4 Å². The number of piperidine rings is 2. The summed E-state index contributed by atoms with van der Waals surface area (Å²) in [6.07, 6.45) is 5.36. The number of halogens is 1. The van der Waals surface area contributed by atoms with E-state index in [1.54, 1.807) is 0 Å². The van der Waals surface area contributed by atoms with E-state index in [1.165, 1.54) is 62.1 Å². The fourth-order valence-electron chi connectivity index (χ4n) is 4.15. The molecule has 25 heavy (non-hydrogen) atoms. The van der Waals surface area contributed by atoms with Crippen molar-refractivity contribution in [1.29, 1.82) is 0 Å². The molecule has 0 radical (unpaired) electrons. The first-order valence-corrected chi connectivity index (χ1v) is 10.7. The van der Waals surface area contributed by atoms with Crippen LogP contribution in [0.3, 0.4) is 0 Å². The van der Waals surface area contributed by atoms with Crippen molar-refractivity contribution in [2.75, 3.05) is 26.2 Å². The third-order valence-corrected chi connectivity index (χ3v) is 7.32. The highest BCUT2D eigenvalue weighted by molar-refractivity contribution is 7.97. The van der Waals surface area contributed by atoms with Gasteiger partial charge in [-0.15, -0.1) is 0 Å². The zero-order valence-corrected chi connectivity index (χ0v) is 16.5. The van der Waals surface area contributed by atoms with Gasteiger partial charge >= 0.3 is 0 Å². The maximum atomic E-state index is 6.36. The van der Waals surface area contributed by atoms with E-state index >= 15 is 0 Å². The van der Waals surface area contributed by atoms with E-state index in [2.05, 4.69) is 46.5 Å². The maximum absolute atomic E-state index is 6.36. The first-order chi connectivity index (χ1) is 12.2. The van der Waals surface area contributed by atoms with Gasteiger partial charge in [-0.1, -0.05) is 42.8 Å². The minimum Gasteiger partial charge on any atom is -0.300 e. The molecule has 0 amide bonds. The van der Waals surface area contributed by atoms with Crippen molar-refractivity contribution < 1.29 is 0 Å². The number of nitrogens with zero attached hydrogens (tertiary/aromatic N) is 2.